The molecule has 0 atom stereocenters. The standard InChI is InChI=1S/C13H14BrFO2/c14-10-6-4-5-9(11(10)15)12(16)13(17)7-2-1-3-8-13/h4-6,17H,1-3,7-8H2. The minimum absolute atomic E-state index is 0.0243. The van der Waals surface area contributed by atoms with Crippen molar-refractivity contribution in [3.05, 3.63) is 34.1 Å². The van der Waals surface area contributed by atoms with Gasteiger partial charge in [0.2, 0.25) is 0 Å². The fraction of sp³-hybridized carbons (Fsp3) is 0.462. The number of aliphatic hydroxyl groups is 1. The normalized spacial score (nSPS) is 19.0. The van der Waals surface area contributed by atoms with E-state index in [1.807, 2.05) is 0 Å². The summed E-state index contributed by atoms with van der Waals surface area (Å²) in [6, 6.07) is 4.57. The summed E-state index contributed by atoms with van der Waals surface area (Å²) < 4.78 is 14.1. The fourth-order valence-corrected chi connectivity index (χ4v) is 2.66. The lowest BCUT2D eigenvalue weighted by molar-refractivity contribution is 0.0112. The SMILES string of the molecule is O=C(c1cccc(Br)c1F)C1(O)CCCCC1. The molecule has 0 aliphatic heterocycles. The third-order valence-corrected chi connectivity index (χ3v) is 3.91. The van der Waals surface area contributed by atoms with E-state index in [2.05, 4.69) is 15.9 Å². The molecule has 1 aromatic rings. The molecule has 0 saturated heterocycles. The summed E-state index contributed by atoms with van der Waals surface area (Å²) in [6.45, 7) is 0. The van der Waals surface area contributed by atoms with E-state index in [0.29, 0.717) is 12.8 Å². The van der Waals surface area contributed by atoms with Crippen molar-refractivity contribution >= 4 is 21.7 Å². The summed E-state index contributed by atoms with van der Waals surface area (Å²) in [6.07, 6.45) is 3.52. The predicted molar refractivity (Wildman–Crippen MR) is 66.5 cm³/mol. The van der Waals surface area contributed by atoms with Crippen molar-refractivity contribution in [3.63, 3.8) is 0 Å². The van der Waals surface area contributed by atoms with Crippen LogP contribution in [0.2, 0.25) is 0 Å². The zero-order valence-corrected chi connectivity index (χ0v) is 11.0. The van der Waals surface area contributed by atoms with Gasteiger partial charge < -0.3 is 5.11 Å². The molecule has 0 bridgehead atoms. The number of hydrogen-bond donors (Lipinski definition) is 1. The van der Waals surface area contributed by atoms with E-state index in [9.17, 15) is 14.3 Å². The summed E-state index contributed by atoms with van der Waals surface area (Å²) >= 11 is 3.05. The van der Waals surface area contributed by atoms with Gasteiger partial charge in [-0.05, 0) is 40.9 Å². The molecule has 0 unspecified atom stereocenters. The van der Waals surface area contributed by atoms with Crippen LogP contribution in [0.4, 0.5) is 4.39 Å². The Balaban J connectivity index is 2.33. The number of carbonyl (C=O) groups is 1. The van der Waals surface area contributed by atoms with E-state index < -0.39 is 17.2 Å². The van der Waals surface area contributed by atoms with Crippen LogP contribution in [0.3, 0.4) is 0 Å². The van der Waals surface area contributed by atoms with Crippen LogP contribution in [-0.4, -0.2) is 16.5 Å². The molecule has 2 rings (SSSR count). The first-order valence-electron chi connectivity index (χ1n) is 5.76. The van der Waals surface area contributed by atoms with Gasteiger partial charge >= 0.3 is 0 Å². The molecule has 1 fully saturated rings. The lowest BCUT2D eigenvalue weighted by atomic mass is 9.79. The molecule has 4 heteroatoms. The highest BCUT2D eigenvalue weighted by Crippen LogP contribution is 2.32. The molecule has 0 aromatic heterocycles. The minimum atomic E-state index is -1.38. The Bertz CT molecular complexity index is 439. The first kappa shape index (κ1) is 12.7. The van der Waals surface area contributed by atoms with Gasteiger partial charge in [-0.25, -0.2) is 4.39 Å². The highest BCUT2D eigenvalue weighted by atomic mass is 79.9. The van der Waals surface area contributed by atoms with Crippen molar-refractivity contribution in [2.75, 3.05) is 0 Å². The molecule has 1 aliphatic rings. The average Bonchev–Trinajstić information content (AvgIpc) is 2.33. The molecular weight excluding hydrogens is 287 g/mol. The highest BCUT2D eigenvalue weighted by Gasteiger charge is 2.38. The molecular formula is C13H14BrFO2. The summed E-state index contributed by atoms with van der Waals surface area (Å²) in [7, 11) is 0. The van der Waals surface area contributed by atoms with Crippen LogP contribution >= 0.6 is 15.9 Å². The first-order chi connectivity index (χ1) is 8.04. The second kappa shape index (κ2) is 4.86. The van der Waals surface area contributed by atoms with E-state index in [1.54, 1.807) is 6.07 Å². The summed E-state index contributed by atoms with van der Waals surface area (Å²) in [4.78, 5) is 12.2. The van der Waals surface area contributed by atoms with Gasteiger partial charge in [-0.15, -0.1) is 0 Å². The van der Waals surface area contributed by atoms with E-state index in [4.69, 9.17) is 0 Å². The quantitative estimate of drug-likeness (QED) is 0.849. The van der Waals surface area contributed by atoms with Crippen LogP contribution in [-0.2, 0) is 0 Å². The topological polar surface area (TPSA) is 37.3 Å². The Kier molecular flexibility index (Phi) is 3.64. The smallest absolute Gasteiger partial charge is 0.197 e. The van der Waals surface area contributed by atoms with Crippen LogP contribution in [0.15, 0.2) is 22.7 Å². The van der Waals surface area contributed by atoms with Crippen molar-refractivity contribution in [3.8, 4) is 0 Å². The molecule has 17 heavy (non-hydrogen) atoms. The number of carbonyl (C=O) groups excluding carboxylic acids is 1. The van der Waals surface area contributed by atoms with Gasteiger partial charge in [-0.2, -0.15) is 0 Å². The molecule has 1 aromatic carbocycles. The Morgan fingerprint density at radius 2 is 1.94 bits per heavy atom. The van der Waals surface area contributed by atoms with Crippen molar-refractivity contribution in [1.29, 1.82) is 0 Å². The van der Waals surface area contributed by atoms with Crippen LogP contribution in [0.5, 0.6) is 0 Å². The van der Waals surface area contributed by atoms with Gasteiger partial charge in [-0.1, -0.05) is 25.3 Å². The maximum atomic E-state index is 13.8. The molecule has 1 saturated carbocycles. The van der Waals surface area contributed by atoms with Crippen LogP contribution < -0.4 is 0 Å². The average molecular weight is 301 g/mol. The summed E-state index contributed by atoms with van der Waals surface area (Å²) in [5.41, 5.74) is -1.40. The Morgan fingerprint density at radius 3 is 2.59 bits per heavy atom. The van der Waals surface area contributed by atoms with Crippen molar-refractivity contribution in [1.82, 2.24) is 0 Å². The van der Waals surface area contributed by atoms with E-state index in [-0.39, 0.29) is 10.0 Å². The molecule has 0 spiro atoms. The van der Waals surface area contributed by atoms with Gasteiger partial charge in [0.15, 0.2) is 5.78 Å². The summed E-state index contributed by atoms with van der Waals surface area (Å²) in [5, 5.41) is 10.3. The number of halogens is 2. The van der Waals surface area contributed by atoms with E-state index in [0.717, 1.165) is 19.3 Å². The largest absolute Gasteiger partial charge is 0.382 e. The number of benzene rings is 1. The van der Waals surface area contributed by atoms with Crippen LogP contribution in [0, 0.1) is 5.82 Å². The monoisotopic (exact) mass is 300 g/mol. The molecule has 1 N–H and O–H groups in total. The van der Waals surface area contributed by atoms with Gasteiger partial charge in [0.1, 0.15) is 11.4 Å². The molecule has 1 aliphatic carbocycles. The second-order valence-electron chi connectivity index (χ2n) is 4.52. The third-order valence-electron chi connectivity index (χ3n) is 3.30. The van der Waals surface area contributed by atoms with Gasteiger partial charge in [0.05, 0.1) is 10.0 Å². The zero-order valence-electron chi connectivity index (χ0n) is 9.38. The van der Waals surface area contributed by atoms with Gasteiger partial charge in [0.25, 0.3) is 0 Å². The van der Waals surface area contributed by atoms with Gasteiger partial charge in [0, 0.05) is 0 Å². The van der Waals surface area contributed by atoms with Crippen molar-refractivity contribution < 1.29 is 14.3 Å². The maximum absolute atomic E-state index is 13.8. The van der Waals surface area contributed by atoms with Gasteiger partial charge in [-0.3, -0.25) is 4.79 Å². The number of Topliss-reactive ketones (excluding diaryl/α,β-unsaturated/α-hetero) is 1. The van der Waals surface area contributed by atoms with Crippen LogP contribution in [0.25, 0.3) is 0 Å². The number of ketones is 1. The Labute approximate surface area is 108 Å². The fourth-order valence-electron chi connectivity index (χ4n) is 2.29. The van der Waals surface area contributed by atoms with Crippen LogP contribution in [0.1, 0.15) is 42.5 Å². The molecule has 2 nitrogen and oxygen atoms in total. The lowest BCUT2D eigenvalue weighted by Crippen LogP contribution is -2.40. The molecule has 0 heterocycles. The Morgan fingerprint density at radius 1 is 1.29 bits per heavy atom. The Hall–Kier alpha value is -0.740. The number of rotatable bonds is 2. The summed E-state index contributed by atoms with van der Waals surface area (Å²) in [5.74, 6) is -1.08. The van der Waals surface area contributed by atoms with Crippen molar-refractivity contribution in [2.24, 2.45) is 0 Å². The first-order valence-corrected chi connectivity index (χ1v) is 6.55. The van der Waals surface area contributed by atoms with E-state index >= 15 is 0 Å². The zero-order chi connectivity index (χ0) is 12.5. The van der Waals surface area contributed by atoms with Crippen molar-refractivity contribution in [2.45, 2.75) is 37.7 Å². The van der Waals surface area contributed by atoms with E-state index in [1.165, 1.54) is 12.1 Å². The maximum Gasteiger partial charge on any atom is 0.197 e. The lowest BCUT2D eigenvalue weighted by Gasteiger charge is -2.30. The molecule has 0 amide bonds. The minimum Gasteiger partial charge on any atom is -0.382 e. The molecule has 0 radical (unpaired) electrons. The molecule has 92 valence electrons. The third kappa shape index (κ3) is 2.43. The second-order valence-corrected chi connectivity index (χ2v) is 5.38. The number of hydrogen-bond acceptors (Lipinski definition) is 2. The predicted octanol–water partition coefficient (Wildman–Crippen LogP) is 3.47. The highest BCUT2D eigenvalue weighted by molar-refractivity contribution is 9.10.